The van der Waals surface area contributed by atoms with Crippen molar-refractivity contribution in [3.8, 4) is 0 Å². The number of nitrogens with one attached hydrogen (secondary N) is 3. The maximum absolute atomic E-state index is 12.4. The van der Waals surface area contributed by atoms with Crippen molar-refractivity contribution in [1.82, 2.24) is 21.0 Å². The number of amides is 2. The fourth-order valence-electron chi connectivity index (χ4n) is 3.08. The highest BCUT2D eigenvalue weighted by Crippen LogP contribution is 2.24. The van der Waals surface area contributed by atoms with Crippen LogP contribution in [0.5, 0.6) is 0 Å². The van der Waals surface area contributed by atoms with Crippen molar-refractivity contribution >= 4 is 33.6 Å². The number of benzene rings is 2. The Labute approximate surface area is 158 Å². The largest absolute Gasteiger partial charge is 0.451 e. The minimum absolute atomic E-state index is 0.114. The number of aromatic nitrogens is 2. The van der Waals surface area contributed by atoms with Crippen LogP contribution in [0.15, 0.2) is 57.7 Å². The average Bonchev–Trinajstić information content (AvgIpc) is 3.05. The molecular formula is C20H16N4O4. The molecule has 0 atom stereocenters. The Morgan fingerprint density at radius 1 is 1.00 bits per heavy atom. The molecule has 0 saturated carbocycles. The molecule has 0 unspecified atom stereocenters. The van der Waals surface area contributed by atoms with E-state index in [0.717, 1.165) is 5.39 Å². The summed E-state index contributed by atoms with van der Waals surface area (Å²) < 4.78 is 5.57. The predicted octanol–water partition coefficient (Wildman–Crippen LogP) is 1.98. The number of rotatable bonds is 3. The number of hydrogen-bond donors (Lipinski definition) is 3. The van der Waals surface area contributed by atoms with E-state index >= 15 is 0 Å². The quantitative estimate of drug-likeness (QED) is 0.473. The SMILES string of the molecule is Cc1c(C(=O)NNC(=O)Cc2n[nH]c(=O)c3ccccc23)oc2ccccc12. The van der Waals surface area contributed by atoms with E-state index in [9.17, 15) is 14.4 Å². The number of nitrogens with zero attached hydrogens (tertiary/aromatic N) is 1. The van der Waals surface area contributed by atoms with Gasteiger partial charge in [-0.25, -0.2) is 5.10 Å². The summed E-state index contributed by atoms with van der Waals surface area (Å²) >= 11 is 0. The van der Waals surface area contributed by atoms with Crippen LogP contribution in [0.3, 0.4) is 0 Å². The van der Waals surface area contributed by atoms with Crippen LogP contribution in [-0.2, 0) is 11.2 Å². The number of para-hydroxylation sites is 1. The lowest BCUT2D eigenvalue weighted by Crippen LogP contribution is -2.42. The van der Waals surface area contributed by atoms with Gasteiger partial charge in [-0.2, -0.15) is 5.10 Å². The molecule has 0 radical (unpaired) electrons. The highest BCUT2D eigenvalue weighted by Gasteiger charge is 2.18. The number of hydrazine groups is 1. The average molecular weight is 376 g/mol. The van der Waals surface area contributed by atoms with Gasteiger partial charge in [-0.1, -0.05) is 36.4 Å². The Bertz CT molecular complexity index is 1270. The van der Waals surface area contributed by atoms with Gasteiger partial charge in [0.05, 0.1) is 17.5 Å². The third kappa shape index (κ3) is 3.11. The van der Waals surface area contributed by atoms with E-state index in [-0.39, 0.29) is 17.7 Å². The highest BCUT2D eigenvalue weighted by molar-refractivity contribution is 5.99. The van der Waals surface area contributed by atoms with Gasteiger partial charge in [-0.05, 0) is 19.1 Å². The summed E-state index contributed by atoms with van der Waals surface area (Å²) in [5.41, 5.74) is 6.07. The van der Waals surface area contributed by atoms with Crippen molar-refractivity contribution in [3.63, 3.8) is 0 Å². The van der Waals surface area contributed by atoms with E-state index in [1.807, 2.05) is 18.2 Å². The minimum atomic E-state index is -0.554. The van der Waals surface area contributed by atoms with Gasteiger partial charge < -0.3 is 4.42 Å². The number of hydrogen-bond acceptors (Lipinski definition) is 5. The van der Waals surface area contributed by atoms with Crippen LogP contribution in [0.1, 0.15) is 21.8 Å². The maximum Gasteiger partial charge on any atom is 0.305 e. The van der Waals surface area contributed by atoms with E-state index in [2.05, 4.69) is 21.0 Å². The second kappa shape index (κ2) is 6.99. The lowest BCUT2D eigenvalue weighted by Gasteiger charge is -2.07. The van der Waals surface area contributed by atoms with Gasteiger partial charge in [0.25, 0.3) is 5.56 Å². The van der Waals surface area contributed by atoms with Crippen LogP contribution in [0, 0.1) is 6.92 Å². The van der Waals surface area contributed by atoms with Crippen molar-refractivity contribution in [2.45, 2.75) is 13.3 Å². The molecule has 140 valence electrons. The van der Waals surface area contributed by atoms with Crippen molar-refractivity contribution in [1.29, 1.82) is 0 Å². The van der Waals surface area contributed by atoms with Crippen LogP contribution in [0.25, 0.3) is 21.7 Å². The summed E-state index contributed by atoms with van der Waals surface area (Å²) in [7, 11) is 0. The fraction of sp³-hybridized carbons (Fsp3) is 0.100. The van der Waals surface area contributed by atoms with Crippen molar-refractivity contribution < 1.29 is 14.0 Å². The molecule has 3 N–H and O–H groups in total. The molecule has 4 aromatic rings. The van der Waals surface area contributed by atoms with Crippen molar-refractivity contribution in [2.24, 2.45) is 0 Å². The molecule has 0 bridgehead atoms. The highest BCUT2D eigenvalue weighted by atomic mass is 16.3. The van der Waals surface area contributed by atoms with Gasteiger partial charge in [0.1, 0.15) is 5.58 Å². The zero-order chi connectivity index (χ0) is 19.7. The smallest absolute Gasteiger partial charge is 0.305 e. The second-order valence-electron chi connectivity index (χ2n) is 6.28. The van der Waals surface area contributed by atoms with Gasteiger partial charge >= 0.3 is 5.91 Å². The molecule has 2 aromatic heterocycles. The molecule has 2 amide bonds. The number of furan rings is 1. The monoisotopic (exact) mass is 376 g/mol. The zero-order valence-electron chi connectivity index (χ0n) is 14.9. The molecule has 0 aliphatic carbocycles. The summed E-state index contributed by atoms with van der Waals surface area (Å²) in [6, 6.07) is 14.2. The third-order valence-electron chi connectivity index (χ3n) is 4.47. The Morgan fingerprint density at radius 2 is 1.68 bits per heavy atom. The summed E-state index contributed by atoms with van der Waals surface area (Å²) in [5.74, 6) is -0.901. The van der Waals surface area contributed by atoms with Crippen LogP contribution in [-0.4, -0.2) is 22.0 Å². The number of carbonyl (C=O) groups is 2. The van der Waals surface area contributed by atoms with Crippen molar-refractivity contribution in [2.75, 3.05) is 0 Å². The number of aryl methyl sites for hydroxylation is 1. The zero-order valence-corrected chi connectivity index (χ0v) is 14.9. The predicted molar refractivity (Wildman–Crippen MR) is 103 cm³/mol. The van der Waals surface area contributed by atoms with Gasteiger partial charge in [0.15, 0.2) is 5.76 Å². The Morgan fingerprint density at radius 3 is 2.43 bits per heavy atom. The molecule has 28 heavy (non-hydrogen) atoms. The third-order valence-corrected chi connectivity index (χ3v) is 4.47. The van der Waals surface area contributed by atoms with Crippen molar-refractivity contribution in [3.05, 3.63) is 75.9 Å². The normalized spacial score (nSPS) is 10.9. The van der Waals surface area contributed by atoms with Gasteiger partial charge in [0.2, 0.25) is 5.91 Å². The Balaban J connectivity index is 1.47. The first-order valence-electron chi connectivity index (χ1n) is 8.58. The van der Waals surface area contributed by atoms with Crippen LogP contribution >= 0.6 is 0 Å². The molecule has 0 aliphatic rings. The number of carbonyl (C=O) groups excluding carboxylic acids is 2. The fourth-order valence-corrected chi connectivity index (χ4v) is 3.08. The van der Waals surface area contributed by atoms with E-state index in [1.54, 1.807) is 37.3 Å². The molecule has 8 nitrogen and oxygen atoms in total. The minimum Gasteiger partial charge on any atom is -0.451 e. The van der Waals surface area contributed by atoms with Gasteiger partial charge in [0, 0.05) is 16.3 Å². The van der Waals surface area contributed by atoms with Crippen LogP contribution in [0.2, 0.25) is 0 Å². The molecule has 0 aliphatic heterocycles. The van der Waals surface area contributed by atoms with E-state index in [1.165, 1.54) is 0 Å². The lowest BCUT2D eigenvalue weighted by atomic mass is 10.1. The first-order valence-corrected chi connectivity index (χ1v) is 8.58. The number of H-pyrrole nitrogens is 1. The molecule has 4 rings (SSSR count). The van der Waals surface area contributed by atoms with E-state index < -0.39 is 11.8 Å². The molecule has 2 heterocycles. The molecule has 0 spiro atoms. The maximum atomic E-state index is 12.4. The van der Waals surface area contributed by atoms with Crippen LogP contribution < -0.4 is 16.4 Å². The van der Waals surface area contributed by atoms with E-state index in [4.69, 9.17) is 4.42 Å². The summed E-state index contributed by atoms with van der Waals surface area (Å²) in [5, 5.41) is 8.19. The van der Waals surface area contributed by atoms with Gasteiger partial charge in [-0.3, -0.25) is 25.2 Å². The number of fused-ring (bicyclic) bond motifs is 2. The van der Waals surface area contributed by atoms with Gasteiger partial charge in [-0.15, -0.1) is 0 Å². The van der Waals surface area contributed by atoms with E-state index in [0.29, 0.717) is 27.6 Å². The standard InChI is InChI=1S/C20H16N4O4/c1-11-12-6-4-5-9-16(12)28-18(11)20(27)24-22-17(25)10-15-13-7-2-3-8-14(13)19(26)23-21-15/h2-9H,10H2,1H3,(H,22,25)(H,23,26)(H,24,27). The molecular weight excluding hydrogens is 360 g/mol. The summed E-state index contributed by atoms with van der Waals surface area (Å²) in [6.45, 7) is 1.78. The molecule has 8 heteroatoms. The first-order chi connectivity index (χ1) is 13.5. The molecule has 0 fully saturated rings. The topological polar surface area (TPSA) is 117 Å². The second-order valence-corrected chi connectivity index (χ2v) is 6.28. The first kappa shape index (κ1) is 17.5. The molecule has 2 aromatic carbocycles. The Hall–Kier alpha value is -3.94. The summed E-state index contributed by atoms with van der Waals surface area (Å²) in [6.07, 6.45) is -0.114. The lowest BCUT2D eigenvalue weighted by molar-refractivity contribution is -0.121. The summed E-state index contributed by atoms with van der Waals surface area (Å²) in [4.78, 5) is 36.4. The Kier molecular flexibility index (Phi) is 4.36. The number of aromatic amines is 1. The van der Waals surface area contributed by atoms with Crippen LogP contribution in [0.4, 0.5) is 0 Å². The molecule has 0 saturated heterocycles.